The monoisotopic (exact) mass is 295 g/mol. The largest absolute Gasteiger partial charge is 0.338 e. The van der Waals surface area contributed by atoms with Crippen molar-refractivity contribution in [3.05, 3.63) is 55.0 Å². The van der Waals surface area contributed by atoms with Crippen molar-refractivity contribution in [2.24, 2.45) is 0 Å². The standard InChI is InChI=1S/C16H17N5O/c22-16(17-7-3-9-21-10-4-8-19-21)20-14-11-13-5-1-2-6-15(13)18-12-14/h1-2,4-6,8,10-12H,3,7,9H2,(H2,17,20,22). The average Bonchev–Trinajstić information content (AvgIpc) is 3.05. The fourth-order valence-corrected chi connectivity index (χ4v) is 2.19. The number of nitrogens with one attached hydrogen (secondary N) is 2. The number of carbonyl (C=O) groups excluding carboxylic acids is 1. The summed E-state index contributed by atoms with van der Waals surface area (Å²) in [4.78, 5) is 16.1. The zero-order chi connectivity index (χ0) is 15.2. The topological polar surface area (TPSA) is 71.8 Å². The van der Waals surface area contributed by atoms with Gasteiger partial charge in [0.05, 0.1) is 17.4 Å². The van der Waals surface area contributed by atoms with Crippen LogP contribution >= 0.6 is 0 Å². The van der Waals surface area contributed by atoms with Gasteiger partial charge in [-0.3, -0.25) is 9.67 Å². The maximum Gasteiger partial charge on any atom is 0.319 e. The highest BCUT2D eigenvalue weighted by Crippen LogP contribution is 2.15. The van der Waals surface area contributed by atoms with Crippen LogP contribution in [0.4, 0.5) is 10.5 Å². The zero-order valence-electron chi connectivity index (χ0n) is 12.1. The predicted molar refractivity (Wildman–Crippen MR) is 85.6 cm³/mol. The fraction of sp³-hybridized carbons (Fsp3) is 0.188. The minimum atomic E-state index is -0.224. The van der Waals surface area contributed by atoms with E-state index in [-0.39, 0.29) is 6.03 Å². The number of hydrogen-bond acceptors (Lipinski definition) is 3. The van der Waals surface area contributed by atoms with Gasteiger partial charge in [0.25, 0.3) is 0 Å². The van der Waals surface area contributed by atoms with E-state index in [0.29, 0.717) is 12.2 Å². The molecule has 0 atom stereocenters. The first kappa shape index (κ1) is 14.1. The number of aromatic nitrogens is 3. The van der Waals surface area contributed by atoms with Crippen molar-refractivity contribution in [1.82, 2.24) is 20.1 Å². The number of carbonyl (C=O) groups is 1. The van der Waals surface area contributed by atoms with Crippen LogP contribution in [-0.2, 0) is 6.54 Å². The predicted octanol–water partition coefficient (Wildman–Crippen LogP) is 2.64. The molecule has 0 fully saturated rings. The van der Waals surface area contributed by atoms with Gasteiger partial charge in [-0.25, -0.2) is 4.79 Å². The Balaban J connectivity index is 1.48. The molecule has 1 aromatic carbocycles. The van der Waals surface area contributed by atoms with Crippen molar-refractivity contribution >= 4 is 22.6 Å². The van der Waals surface area contributed by atoms with Crippen LogP contribution in [0.15, 0.2) is 55.0 Å². The quantitative estimate of drug-likeness (QED) is 0.711. The van der Waals surface area contributed by atoms with E-state index in [1.165, 1.54) is 0 Å². The summed E-state index contributed by atoms with van der Waals surface area (Å²) in [6.45, 7) is 1.37. The molecule has 3 aromatic rings. The molecule has 0 radical (unpaired) electrons. The summed E-state index contributed by atoms with van der Waals surface area (Å²) in [6.07, 6.45) is 6.13. The van der Waals surface area contributed by atoms with Crippen molar-refractivity contribution in [1.29, 1.82) is 0 Å². The van der Waals surface area contributed by atoms with E-state index in [9.17, 15) is 4.79 Å². The summed E-state index contributed by atoms with van der Waals surface area (Å²) in [5, 5.41) is 10.7. The summed E-state index contributed by atoms with van der Waals surface area (Å²) >= 11 is 0. The Morgan fingerprint density at radius 1 is 1.23 bits per heavy atom. The maximum atomic E-state index is 11.8. The summed E-state index contributed by atoms with van der Waals surface area (Å²) in [6, 6.07) is 11.4. The number of hydrogen-bond donors (Lipinski definition) is 2. The molecule has 2 heterocycles. The van der Waals surface area contributed by atoms with Gasteiger partial charge in [-0.15, -0.1) is 0 Å². The normalized spacial score (nSPS) is 10.5. The van der Waals surface area contributed by atoms with Crippen LogP contribution in [0.2, 0.25) is 0 Å². The van der Waals surface area contributed by atoms with Crippen molar-refractivity contribution in [3.8, 4) is 0 Å². The molecule has 2 amide bonds. The molecule has 0 saturated heterocycles. The zero-order valence-corrected chi connectivity index (χ0v) is 12.1. The molecule has 0 spiro atoms. The number of aryl methyl sites for hydroxylation is 1. The lowest BCUT2D eigenvalue weighted by Crippen LogP contribution is -2.30. The Labute approximate surface area is 128 Å². The van der Waals surface area contributed by atoms with Crippen LogP contribution in [0, 0.1) is 0 Å². The molecule has 2 N–H and O–H groups in total. The van der Waals surface area contributed by atoms with E-state index < -0.39 is 0 Å². The van der Waals surface area contributed by atoms with Crippen LogP contribution in [-0.4, -0.2) is 27.3 Å². The van der Waals surface area contributed by atoms with Crippen molar-refractivity contribution in [2.75, 3.05) is 11.9 Å². The molecule has 0 aliphatic carbocycles. The molecule has 2 aromatic heterocycles. The molecule has 0 bridgehead atoms. The lowest BCUT2D eigenvalue weighted by atomic mass is 10.2. The number of amides is 2. The van der Waals surface area contributed by atoms with Gasteiger partial charge in [0.1, 0.15) is 0 Å². The van der Waals surface area contributed by atoms with E-state index in [1.54, 1.807) is 12.4 Å². The van der Waals surface area contributed by atoms with Gasteiger partial charge in [0, 0.05) is 30.9 Å². The van der Waals surface area contributed by atoms with Crippen LogP contribution in [0.1, 0.15) is 6.42 Å². The molecule has 0 unspecified atom stereocenters. The molecule has 0 aliphatic rings. The van der Waals surface area contributed by atoms with Gasteiger partial charge in [-0.1, -0.05) is 18.2 Å². The maximum absolute atomic E-state index is 11.8. The second-order valence-electron chi connectivity index (χ2n) is 4.92. The van der Waals surface area contributed by atoms with E-state index in [0.717, 1.165) is 23.9 Å². The number of benzene rings is 1. The third-order valence-electron chi connectivity index (χ3n) is 3.26. The van der Waals surface area contributed by atoms with Gasteiger partial charge in [0.15, 0.2) is 0 Å². The SMILES string of the molecule is O=C(NCCCn1cccn1)Nc1cnc2ccccc2c1. The van der Waals surface area contributed by atoms with Gasteiger partial charge >= 0.3 is 6.03 Å². The average molecular weight is 295 g/mol. The Kier molecular flexibility index (Phi) is 4.29. The van der Waals surface area contributed by atoms with Crippen LogP contribution in [0.5, 0.6) is 0 Å². The van der Waals surface area contributed by atoms with Crippen LogP contribution in [0.25, 0.3) is 10.9 Å². The second kappa shape index (κ2) is 6.71. The van der Waals surface area contributed by atoms with Gasteiger partial charge < -0.3 is 10.6 Å². The molecule has 112 valence electrons. The second-order valence-corrected chi connectivity index (χ2v) is 4.92. The summed E-state index contributed by atoms with van der Waals surface area (Å²) in [7, 11) is 0. The number of pyridine rings is 1. The summed E-state index contributed by atoms with van der Waals surface area (Å²) in [5.74, 6) is 0. The Morgan fingerprint density at radius 2 is 2.14 bits per heavy atom. The van der Waals surface area contributed by atoms with Crippen molar-refractivity contribution in [3.63, 3.8) is 0 Å². The number of urea groups is 1. The van der Waals surface area contributed by atoms with E-state index in [4.69, 9.17) is 0 Å². The highest BCUT2D eigenvalue weighted by molar-refractivity contribution is 5.91. The third kappa shape index (κ3) is 3.60. The number of nitrogens with zero attached hydrogens (tertiary/aromatic N) is 3. The highest BCUT2D eigenvalue weighted by Gasteiger charge is 2.02. The highest BCUT2D eigenvalue weighted by atomic mass is 16.2. The van der Waals surface area contributed by atoms with E-state index in [1.807, 2.05) is 47.3 Å². The van der Waals surface area contributed by atoms with Gasteiger partial charge in [-0.05, 0) is 24.6 Å². The first-order valence-corrected chi connectivity index (χ1v) is 7.18. The molecule has 22 heavy (non-hydrogen) atoms. The smallest absolute Gasteiger partial charge is 0.319 e. The molecular weight excluding hydrogens is 278 g/mol. The van der Waals surface area contributed by atoms with Crippen molar-refractivity contribution < 1.29 is 4.79 Å². The number of para-hydroxylation sites is 1. The molecule has 0 saturated carbocycles. The van der Waals surface area contributed by atoms with Crippen LogP contribution < -0.4 is 10.6 Å². The molecule has 6 nitrogen and oxygen atoms in total. The first-order valence-electron chi connectivity index (χ1n) is 7.18. The summed E-state index contributed by atoms with van der Waals surface area (Å²) < 4.78 is 1.84. The molecular formula is C16H17N5O. The van der Waals surface area contributed by atoms with Crippen LogP contribution in [0.3, 0.4) is 0 Å². The van der Waals surface area contributed by atoms with Gasteiger partial charge in [-0.2, -0.15) is 5.10 Å². The molecule has 3 rings (SSSR count). The van der Waals surface area contributed by atoms with E-state index in [2.05, 4.69) is 20.7 Å². The third-order valence-corrected chi connectivity index (χ3v) is 3.26. The Hall–Kier alpha value is -2.89. The minimum Gasteiger partial charge on any atom is -0.338 e. The fourth-order valence-electron chi connectivity index (χ4n) is 2.19. The Morgan fingerprint density at radius 3 is 3.00 bits per heavy atom. The number of fused-ring (bicyclic) bond motifs is 1. The first-order chi connectivity index (χ1) is 10.8. The molecule has 6 heteroatoms. The minimum absolute atomic E-state index is 0.224. The number of rotatable bonds is 5. The van der Waals surface area contributed by atoms with E-state index >= 15 is 0 Å². The number of anilines is 1. The van der Waals surface area contributed by atoms with Gasteiger partial charge in [0.2, 0.25) is 0 Å². The molecule has 0 aliphatic heterocycles. The lowest BCUT2D eigenvalue weighted by molar-refractivity contribution is 0.251. The Bertz CT molecular complexity index is 754. The van der Waals surface area contributed by atoms with Crippen molar-refractivity contribution in [2.45, 2.75) is 13.0 Å². The summed E-state index contributed by atoms with van der Waals surface area (Å²) in [5.41, 5.74) is 1.59. The lowest BCUT2D eigenvalue weighted by Gasteiger charge is -2.08.